The molecule has 6 fully saturated rings. The van der Waals surface area contributed by atoms with Crippen molar-refractivity contribution in [3.63, 3.8) is 0 Å². The lowest BCUT2D eigenvalue weighted by molar-refractivity contribution is -0.262. The fourth-order valence-electron chi connectivity index (χ4n) is 11.1. The standard InChI is InChI=1S/C32H38O9/c1-17(2)6-12-28(4)31-10-5-9-29(22(34)23(31)35)19(30(31)16-38-21(33)14-20(30)40-28)7-11-27(3)24(18-8-13-37-15-18)39-26(36)25-32(27,29)41-25/h5,8,10,13,15,17,19-20,22,24-25,34H,6-7,9,11-12,14,16H2,1-4H3. The van der Waals surface area contributed by atoms with Crippen LogP contribution in [0.15, 0.2) is 35.2 Å². The molecule has 9 heteroatoms. The Labute approximate surface area is 238 Å². The molecule has 11 unspecified atom stereocenters. The summed E-state index contributed by atoms with van der Waals surface area (Å²) in [7, 11) is 0. The maximum absolute atomic E-state index is 15.1. The lowest BCUT2D eigenvalue weighted by Gasteiger charge is -2.68. The van der Waals surface area contributed by atoms with Crippen LogP contribution >= 0.6 is 0 Å². The minimum atomic E-state index is -1.40. The predicted octanol–water partition coefficient (Wildman–Crippen LogP) is 3.83. The normalized spacial score (nSPS) is 52.5. The number of hydrogen-bond donors (Lipinski definition) is 1. The zero-order valence-corrected chi connectivity index (χ0v) is 24.0. The van der Waals surface area contributed by atoms with E-state index < -0.39 is 63.2 Å². The molecule has 5 heterocycles. The molecular formula is C32H38O9. The Bertz CT molecular complexity index is 1380. The number of Topliss-reactive ketones (excluding diaryl/α,β-unsaturated/α-hetero) is 1. The van der Waals surface area contributed by atoms with E-state index in [1.165, 1.54) is 0 Å². The molecule has 2 bridgehead atoms. The van der Waals surface area contributed by atoms with E-state index in [0.717, 1.165) is 12.0 Å². The number of allylic oxidation sites excluding steroid dienone is 1. The first-order valence-corrected chi connectivity index (χ1v) is 15.1. The van der Waals surface area contributed by atoms with Crippen LogP contribution in [0.1, 0.15) is 77.9 Å². The fraction of sp³-hybridized carbons (Fsp3) is 0.719. The molecule has 4 aliphatic carbocycles. The van der Waals surface area contributed by atoms with Crippen molar-refractivity contribution in [3.8, 4) is 0 Å². The van der Waals surface area contributed by atoms with E-state index in [2.05, 4.69) is 20.8 Å². The largest absolute Gasteiger partial charge is 0.472 e. The van der Waals surface area contributed by atoms with Crippen LogP contribution in [0.5, 0.6) is 0 Å². The van der Waals surface area contributed by atoms with Gasteiger partial charge in [0.15, 0.2) is 11.9 Å². The van der Waals surface area contributed by atoms with Crippen LogP contribution < -0.4 is 0 Å². The molecule has 8 aliphatic rings. The van der Waals surface area contributed by atoms with Gasteiger partial charge in [0.25, 0.3) is 0 Å². The Morgan fingerprint density at radius 2 is 1.90 bits per heavy atom. The summed E-state index contributed by atoms with van der Waals surface area (Å²) in [5, 5.41) is 12.5. The van der Waals surface area contributed by atoms with Gasteiger partial charge in [-0.15, -0.1) is 0 Å². The molecule has 0 amide bonds. The van der Waals surface area contributed by atoms with Gasteiger partial charge < -0.3 is 28.5 Å². The summed E-state index contributed by atoms with van der Waals surface area (Å²) >= 11 is 0. The van der Waals surface area contributed by atoms with Gasteiger partial charge in [-0.1, -0.05) is 32.9 Å². The number of cyclic esters (lactones) is 2. The molecule has 4 spiro atoms. The highest BCUT2D eigenvalue weighted by Gasteiger charge is 2.94. The van der Waals surface area contributed by atoms with Crippen LogP contribution in [0.2, 0.25) is 0 Å². The SMILES string of the molecule is CC(C)CCC1(C)OC2CC(=O)OCC23C2CCC4(C)C(c5ccoc5)OC(=O)C5OC54C24CC=CC13C(=O)C4O. The molecule has 0 aromatic carbocycles. The van der Waals surface area contributed by atoms with Gasteiger partial charge in [0.05, 0.1) is 41.5 Å². The Kier molecular flexibility index (Phi) is 4.92. The van der Waals surface area contributed by atoms with Gasteiger partial charge >= 0.3 is 11.9 Å². The smallest absolute Gasteiger partial charge is 0.339 e. The number of fused-ring (bicyclic) bond motifs is 2. The van der Waals surface area contributed by atoms with Crippen molar-refractivity contribution in [2.24, 2.45) is 33.5 Å². The van der Waals surface area contributed by atoms with E-state index in [0.29, 0.717) is 31.6 Å². The monoisotopic (exact) mass is 566 g/mol. The maximum Gasteiger partial charge on any atom is 0.339 e. The highest BCUT2D eigenvalue weighted by molar-refractivity contribution is 5.97. The summed E-state index contributed by atoms with van der Waals surface area (Å²) in [5.74, 6) is -1.05. The van der Waals surface area contributed by atoms with E-state index in [1.807, 2.05) is 19.1 Å². The molecule has 1 N–H and O–H groups in total. The lowest BCUT2D eigenvalue weighted by atomic mass is 9.33. The molecule has 4 saturated heterocycles. The highest BCUT2D eigenvalue weighted by atomic mass is 16.7. The van der Waals surface area contributed by atoms with Crippen molar-refractivity contribution in [1.29, 1.82) is 0 Å². The molecule has 9 rings (SSSR count). The second kappa shape index (κ2) is 7.71. The molecule has 41 heavy (non-hydrogen) atoms. The average Bonchev–Trinajstić information content (AvgIpc) is 3.48. The molecule has 1 aromatic heterocycles. The molecular weight excluding hydrogens is 528 g/mol. The van der Waals surface area contributed by atoms with Crippen molar-refractivity contribution < 1.29 is 42.9 Å². The zero-order valence-electron chi connectivity index (χ0n) is 24.0. The van der Waals surface area contributed by atoms with Crippen molar-refractivity contribution in [1.82, 2.24) is 0 Å². The Balaban J connectivity index is 1.36. The first-order chi connectivity index (χ1) is 19.5. The summed E-state index contributed by atoms with van der Waals surface area (Å²) in [5.41, 5.74) is -5.29. The highest BCUT2D eigenvalue weighted by Crippen LogP contribution is 2.84. The van der Waals surface area contributed by atoms with Crippen molar-refractivity contribution in [3.05, 3.63) is 36.3 Å². The van der Waals surface area contributed by atoms with E-state index in [9.17, 15) is 14.7 Å². The average molecular weight is 567 g/mol. The fourth-order valence-corrected chi connectivity index (χ4v) is 11.1. The number of aliphatic hydroxyl groups is 1. The van der Waals surface area contributed by atoms with Crippen LogP contribution in [-0.4, -0.2) is 58.9 Å². The first-order valence-electron chi connectivity index (χ1n) is 15.1. The number of carbonyl (C=O) groups excluding carboxylic acids is 3. The molecule has 11 atom stereocenters. The maximum atomic E-state index is 15.1. The van der Waals surface area contributed by atoms with Crippen LogP contribution in [0.4, 0.5) is 0 Å². The third-order valence-corrected chi connectivity index (χ3v) is 12.7. The topological polar surface area (TPSA) is 125 Å². The Hall–Kier alpha value is -2.49. The van der Waals surface area contributed by atoms with Gasteiger partial charge in [0.2, 0.25) is 0 Å². The number of epoxide rings is 1. The van der Waals surface area contributed by atoms with Gasteiger partial charge in [-0.2, -0.15) is 0 Å². The summed E-state index contributed by atoms with van der Waals surface area (Å²) in [6, 6.07) is 1.80. The van der Waals surface area contributed by atoms with Crippen molar-refractivity contribution in [2.45, 2.75) is 102 Å². The third-order valence-electron chi connectivity index (χ3n) is 12.7. The van der Waals surface area contributed by atoms with Gasteiger partial charge in [-0.3, -0.25) is 9.59 Å². The molecule has 2 saturated carbocycles. The molecule has 0 radical (unpaired) electrons. The Morgan fingerprint density at radius 3 is 2.63 bits per heavy atom. The number of rotatable bonds is 4. The van der Waals surface area contributed by atoms with Crippen LogP contribution in [0.3, 0.4) is 0 Å². The molecule has 220 valence electrons. The van der Waals surface area contributed by atoms with E-state index in [1.54, 1.807) is 18.6 Å². The molecule has 1 aromatic rings. The number of carbonyl (C=O) groups is 3. The van der Waals surface area contributed by atoms with Crippen molar-refractivity contribution in [2.75, 3.05) is 6.61 Å². The number of furan rings is 1. The summed E-state index contributed by atoms with van der Waals surface area (Å²) < 4.78 is 30.8. The first kappa shape index (κ1) is 26.2. The number of aliphatic hydroxyl groups excluding tert-OH is 1. The number of hydrogen-bond acceptors (Lipinski definition) is 9. The molecule has 9 nitrogen and oxygen atoms in total. The lowest BCUT2D eigenvalue weighted by Crippen LogP contribution is -2.79. The second-order valence-electron chi connectivity index (χ2n) is 14.5. The van der Waals surface area contributed by atoms with Crippen LogP contribution in [-0.2, 0) is 33.3 Å². The zero-order chi connectivity index (χ0) is 28.8. The number of ketones is 1. The minimum absolute atomic E-state index is 0.0377. The van der Waals surface area contributed by atoms with E-state index in [4.69, 9.17) is 23.4 Å². The van der Waals surface area contributed by atoms with Gasteiger partial charge in [0.1, 0.15) is 24.4 Å². The van der Waals surface area contributed by atoms with Gasteiger partial charge in [0, 0.05) is 16.4 Å². The second-order valence-corrected chi connectivity index (χ2v) is 14.5. The number of esters is 2. The quantitative estimate of drug-likeness (QED) is 0.329. The van der Waals surface area contributed by atoms with E-state index >= 15 is 4.79 Å². The van der Waals surface area contributed by atoms with E-state index in [-0.39, 0.29) is 30.7 Å². The van der Waals surface area contributed by atoms with Crippen LogP contribution in [0, 0.1) is 33.5 Å². The summed E-state index contributed by atoms with van der Waals surface area (Å²) in [6.45, 7) is 8.37. The summed E-state index contributed by atoms with van der Waals surface area (Å²) in [6.07, 6.45) is 6.77. The number of ether oxygens (including phenoxy) is 4. The Morgan fingerprint density at radius 1 is 1.10 bits per heavy atom. The van der Waals surface area contributed by atoms with Gasteiger partial charge in [-0.05, 0) is 56.9 Å². The third kappa shape index (κ3) is 2.54. The van der Waals surface area contributed by atoms with Crippen LogP contribution in [0.25, 0.3) is 0 Å². The predicted molar refractivity (Wildman–Crippen MR) is 141 cm³/mol. The summed E-state index contributed by atoms with van der Waals surface area (Å²) in [4.78, 5) is 41.3. The van der Waals surface area contributed by atoms with Gasteiger partial charge in [-0.25, -0.2) is 4.79 Å². The van der Waals surface area contributed by atoms with Crippen molar-refractivity contribution >= 4 is 17.7 Å². The minimum Gasteiger partial charge on any atom is -0.472 e. The molecule has 4 aliphatic heterocycles.